The molecule has 1 atom stereocenters. The zero-order valence-electron chi connectivity index (χ0n) is 10.7. The van der Waals surface area contributed by atoms with Crippen LogP contribution in [0.5, 0.6) is 0 Å². The Kier molecular flexibility index (Phi) is 4.81. The summed E-state index contributed by atoms with van der Waals surface area (Å²) in [7, 11) is 1.85. The minimum Gasteiger partial charge on any atom is -0.376 e. The van der Waals surface area contributed by atoms with Crippen LogP contribution in [0.4, 0.5) is 0 Å². The third-order valence-corrected chi connectivity index (χ3v) is 5.29. The highest BCUT2D eigenvalue weighted by Crippen LogP contribution is 2.28. The van der Waals surface area contributed by atoms with Gasteiger partial charge in [0.2, 0.25) is 0 Å². The van der Waals surface area contributed by atoms with Crippen molar-refractivity contribution in [2.24, 2.45) is 0 Å². The Balaban J connectivity index is 1.95. The van der Waals surface area contributed by atoms with Crippen LogP contribution in [0, 0.1) is 6.92 Å². The Bertz CT molecular complexity index is 407. The first-order valence-corrected chi connectivity index (χ1v) is 7.82. The van der Waals surface area contributed by atoms with Crippen molar-refractivity contribution in [1.82, 2.24) is 4.90 Å². The number of carbonyl (C=O) groups is 1. The summed E-state index contributed by atoms with van der Waals surface area (Å²) in [6, 6.07) is 1.94. The number of hydrogen-bond acceptors (Lipinski definition) is 3. The van der Waals surface area contributed by atoms with Crippen LogP contribution >= 0.6 is 27.3 Å². The van der Waals surface area contributed by atoms with E-state index in [1.807, 2.05) is 20.0 Å². The van der Waals surface area contributed by atoms with E-state index in [0.29, 0.717) is 6.54 Å². The molecule has 5 heteroatoms. The second kappa shape index (κ2) is 6.17. The number of ether oxygens (including phenoxy) is 1. The van der Waals surface area contributed by atoms with E-state index in [1.54, 1.807) is 4.90 Å². The average molecular weight is 332 g/mol. The molecule has 1 fully saturated rings. The number of halogens is 1. The van der Waals surface area contributed by atoms with Crippen LogP contribution in [0.2, 0.25) is 0 Å². The Morgan fingerprint density at radius 3 is 2.94 bits per heavy atom. The lowest BCUT2D eigenvalue weighted by Crippen LogP contribution is -2.36. The van der Waals surface area contributed by atoms with Gasteiger partial charge in [0.05, 0.1) is 14.8 Å². The van der Waals surface area contributed by atoms with Gasteiger partial charge in [-0.3, -0.25) is 4.79 Å². The smallest absolute Gasteiger partial charge is 0.263 e. The summed E-state index contributed by atoms with van der Waals surface area (Å²) in [6.45, 7) is 3.52. The van der Waals surface area contributed by atoms with Crippen LogP contribution < -0.4 is 0 Å². The van der Waals surface area contributed by atoms with Crippen molar-refractivity contribution < 1.29 is 9.53 Å². The summed E-state index contributed by atoms with van der Waals surface area (Å²) in [4.78, 5) is 14.8. The third-order valence-electron chi connectivity index (χ3n) is 3.17. The first-order chi connectivity index (χ1) is 8.58. The molecule has 1 aliphatic heterocycles. The molecule has 0 radical (unpaired) electrons. The fourth-order valence-corrected chi connectivity index (χ4v) is 3.62. The Labute approximate surface area is 120 Å². The summed E-state index contributed by atoms with van der Waals surface area (Å²) in [5, 5.41) is 0. The molecular weight excluding hydrogens is 314 g/mol. The molecule has 3 nitrogen and oxygen atoms in total. The minimum atomic E-state index is 0.0861. The Hall–Kier alpha value is -0.390. The molecule has 0 N–H and O–H groups in total. The number of amides is 1. The van der Waals surface area contributed by atoms with E-state index < -0.39 is 0 Å². The van der Waals surface area contributed by atoms with Gasteiger partial charge in [-0.05, 0) is 53.7 Å². The summed E-state index contributed by atoms with van der Waals surface area (Å²) < 4.78 is 6.70. The summed E-state index contributed by atoms with van der Waals surface area (Å²) in [5.74, 6) is 0.0861. The molecule has 1 aromatic rings. The van der Waals surface area contributed by atoms with Crippen molar-refractivity contribution in [2.75, 3.05) is 20.2 Å². The van der Waals surface area contributed by atoms with E-state index >= 15 is 0 Å². The molecule has 100 valence electrons. The Morgan fingerprint density at radius 2 is 2.39 bits per heavy atom. The van der Waals surface area contributed by atoms with E-state index in [0.717, 1.165) is 33.7 Å². The quantitative estimate of drug-likeness (QED) is 0.848. The topological polar surface area (TPSA) is 29.5 Å². The molecule has 0 bridgehead atoms. The fourth-order valence-electron chi connectivity index (χ4n) is 2.09. The maximum Gasteiger partial charge on any atom is 0.263 e. The highest BCUT2D eigenvalue weighted by molar-refractivity contribution is 9.11. The van der Waals surface area contributed by atoms with Gasteiger partial charge in [-0.15, -0.1) is 11.3 Å². The predicted octanol–water partition coefficient (Wildman–Crippen LogP) is 3.46. The highest BCUT2D eigenvalue weighted by atomic mass is 79.9. The molecule has 0 saturated carbocycles. The molecule has 1 aromatic heterocycles. The van der Waals surface area contributed by atoms with Crippen LogP contribution in [0.15, 0.2) is 9.85 Å². The number of aryl methyl sites for hydroxylation is 1. The van der Waals surface area contributed by atoms with E-state index in [-0.39, 0.29) is 12.0 Å². The van der Waals surface area contributed by atoms with Gasteiger partial charge >= 0.3 is 0 Å². The molecule has 18 heavy (non-hydrogen) atoms. The van der Waals surface area contributed by atoms with Gasteiger partial charge in [0.1, 0.15) is 0 Å². The third kappa shape index (κ3) is 3.33. The number of nitrogens with zero attached hydrogens (tertiary/aromatic N) is 1. The summed E-state index contributed by atoms with van der Waals surface area (Å²) >= 11 is 4.95. The largest absolute Gasteiger partial charge is 0.376 e. The number of likely N-dealkylation sites (N-methyl/N-ethyl adjacent to an activating group) is 1. The van der Waals surface area contributed by atoms with Crippen LogP contribution in [0.25, 0.3) is 0 Å². The molecule has 0 spiro atoms. The summed E-state index contributed by atoms with van der Waals surface area (Å²) in [6.07, 6.45) is 3.61. The first kappa shape index (κ1) is 14.0. The van der Waals surface area contributed by atoms with Gasteiger partial charge in [-0.25, -0.2) is 0 Å². The van der Waals surface area contributed by atoms with Crippen LogP contribution in [-0.2, 0) is 4.74 Å². The number of thiophene rings is 1. The van der Waals surface area contributed by atoms with Gasteiger partial charge in [-0.1, -0.05) is 0 Å². The van der Waals surface area contributed by atoms with E-state index in [4.69, 9.17) is 4.74 Å². The summed E-state index contributed by atoms with van der Waals surface area (Å²) in [5.41, 5.74) is 1.12. The normalized spacial score (nSPS) is 19.8. The standard InChI is InChI=1S/C13H18BrNO2S/c1-9-7-11(18-12(9)14)13(16)15(2)8-10-5-3-4-6-17-10/h7,10H,3-6,8H2,1-2H3. The van der Waals surface area contributed by atoms with Crippen LogP contribution in [0.3, 0.4) is 0 Å². The van der Waals surface area contributed by atoms with Gasteiger partial charge in [0.15, 0.2) is 0 Å². The molecular formula is C13H18BrNO2S. The molecule has 1 aliphatic rings. The van der Waals surface area contributed by atoms with E-state index in [2.05, 4.69) is 15.9 Å². The second-order valence-corrected chi connectivity index (χ2v) is 7.11. The van der Waals surface area contributed by atoms with Crippen molar-refractivity contribution in [3.8, 4) is 0 Å². The van der Waals surface area contributed by atoms with E-state index in [1.165, 1.54) is 17.8 Å². The zero-order valence-corrected chi connectivity index (χ0v) is 13.1. The molecule has 2 heterocycles. The van der Waals surface area contributed by atoms with Crippen molar-refractivity contribution >= 4 is 33.2 Å². The lowest BCUT2D eigenvalue weighted by molar-refractivity contribution is -0.000100. The lowest BCUT2D eigenvalue weighted by Gasteiger charge is -2.27. The van der Waals surface area contributed by atoms with Gasteiger partial charge in [0, 0.05) is 20.2 Å². The molecule has 0 aliphatic carbocycles. The molecule has 1 unspecified atom stereocenters. The monoisotopic (exact) mass is 331 g/mol. The molecule has 1 saturated heterocycles. The lowest BCUT2D eigenvalue weighted by atomic mass is 10.1. The van der Waals surface area contributed by atoms with E-state index in [9.17, 15) is 4.79 Å². The molecule has 0 aromatic carbocycles. The second-order valence-electron chi connectivity index (χ2n) is 4.74. The van der Waals surface area contributed by atoms with Crippen molar-refractivity contribution in [3.05, 3.63) is 20.3 Å². The number of carbonyl (C=O) groups excluding carboxylic acids is 1. The number of rotatable bonds is 3. The van der Waals surface area contributed by atoms with Gasteiger partial charge in [0.25, 0.3) is 5.91 Å². The maximum atomic E-state index is 12.2. The van der Waals surface area contributed by atoms with Gasteiger partial charge < -0.3 is 9.64 Å². The van der Waals surface area contributed by atoms with Crippen LogP contribution in [-0.4, -0.2) is 37.1 Å². The van der Waals surface area contributed by atoms with Crippen molar-refractivity contribution in [1.29, 1.82) is 0 Å². The molecule has 1 amide bonds. The fraction of sp³-hybridized carbons (Fsp3) is 0.615. The minimum absolute atomic E-state index is 0.0861. The maximum absolute atomic E-state index is 12.2. The zero-order chi connectivity index (χ0) is 13.1. The SMILES string of the molecule is Cc1cc(C(=O)N(C)CC2CCCCO2)sc1Br. The highest BCUT2D eigenvalue weighted by Gasteiger charge is 2.21. The number of hydrogen-bond donors (Lipinski definition) is 0. The predicted molar refractivity (Wildman–Crippen MR) is 77.3 cm³/mol. The average Bonchev–Trinajstić information content (AvgIpc) is 2.70. The first-order valence-electron chi connectivity index (χ1n) is 6.21. The Morgan fingerprint density at radius 1 is 1.61 bits per heavy atom. The van der Waals surface area contributed by atoms with Crippen LogP contribution in [0.1, 0.15) is 34.5 Å². The van der Waals surface area contributed by atoms with Crippen molar-refractivity contribution in [2.45, 2.75) is 32.3 Å². The molecule has 2 rings (SSSR count). The van der Waals surface area contributed by atoms with Crippen molar-refractivity contribution in [3.63, 3.8) is 0 Å². The van der Waals surface area contributed by atoms with Gasteiger partial charge in [-0.2, -0.15) is 0 Å².